The third kappa shape index (κ3) is 6.13. The van der Waals surface area contributed by atoms with Gasteiger partial charge in [-0.3, -0.25) is 4.79 Å². The van der Waals surface area contributed by atoms with Crippen LogP contribution in [-0.4, -0.2) is 19.0 Å². The van der Waals surface area contributed by atoms with Crippen molar-refractivity contribution in [3.63, 3.8) is 0 Å². The van der Waals surface area contributed by atoms with E-state index in [1.807, 2.05) is 0 Å². The quantitative estimate of drug-likeness (QED) is 0.821. The number of rotatable bonds is 5. The molecule has 0 aromatic heterocycles. The number of benzene rings is 1. The Morgan fingerprint density at radius 2 is 1.76 bits per heavy atom. The van der Waals surface area contributed by atoms with Crippen molar-refractivity contribution in [3.8, 4) is 0 Å². The number of nitrogens with two attached hydrogens (primary N) is 1. The highest BCUT2D eigenvalue weighted by Crippen LogP contribution is 2.18. The Morgan fingerprint density at radius 3 is 2.29 bits per heavy atom. The second kappa shape index (κ2) is 8.59. The molecule has 1 aromatic rings. The second-order valence-corrected chi connectivity index (χ2v) is 4.28. The van der Waals surface area contributed by atoms with Crippen LogP contribution < -0.4 is 11.1 Å². The predicted octanol–water partition coefficient (Wildman–Crippen LogP) is 2.88. The van der Waals surface area contributed by atoms with Gasteiger partial charge in [0.15, 0.2) is 0 Å². The summed E-state index contributed by atoms with van der Waals surface area (Å²) in [7, 11) is 0. The zero-order chi connectivity index (χ0) is 12.0. The van der Waals surface area contributed by atoms with Gasteiger partial charge in [-0.15, -0.1) is 12.4 Å². The number of unbranched alkanes of at least 4 members (excludes halogenated alkanes) is 1. The monoisotopic (exact) mass is 296 g/mol. The summed E-state index contributed by atoms with van der Waals surface area (Å²) in [4.78, 5) is 11.7. The third-order valence-electron chi connectivity index (χ3n) is 2.04. The zero-order valence-electron chi connectivity index (χ0n) is 9.21. The molecule has 0 atom stereocenters. The van der Waals surface area contributed by atoms with E-state index in [0.29, 0.717) is 28.7 Å². The van der Waals surface area contributed by atoms with Crippen LogP contribution in [0.3, 0.4) is 0 Å². The van der Waals surface area contributed by atoms with E-state index in [9.17, 15) is 4.79 Å². The van der Waals surface area contributed by atoms with E-state index in [0.717, 1.165) is 12.8 Å². The van der Waals surface area contributed by atoms with Crippen molar-refractivity contribution >= 4 is 41.5 Å². The number of hydrogen-bond acceptors (Lipinski definition) is 2. The zero-order valence-corrected chi connectivity index (χ0v) is 11.5. The van der Waals surface area contributed by atoms with Crippen molar-refractivity contribution in [1.82, 2.24) is 5.32 Å². The van der Waals surface area contributed by atoms with Gasteiger partial charge in [0.1, 0.15) is 0 Å². The largest absolute Gasteiger partial charge is 0.352 e. The predicted molar refractivity (Wildman–Crippen MR) is 74.3 cm³/mol. The van der Waals surface area contributed by atoms with Crippen LogP contribution >= 0.6 is 35.6 Å². The first-order valence-corrected chi connectivity index (χ1v) is 5.83. The SMILES string of the molecule is Cl.NCCCCNC(=O)c1cc(Cl)cc(Cl)c1. The van der Waals surface area contributed by atoms with Crippen LogP contribution in [0, 0.1) is 0 Å². The third-order valence-corrected chi connectivity index (χ3v) is 2.48. The summed E-state index contributed by atoms with van der Waals surface area (Å²) in [6, 6.07) is 4.77. The Morgan fingerprint density at radius 1 is 1.18 bits per heavy atom. The number of nitrogens with one attached hydrogen (secondary N) is 1. The van der Waals surface area contributed by atoms with E-state index in [1.165, 1.54) is 0 Å². The van der Waals surface area contributed by atoms with Crippen molar-refractivity contribution in [2.75, 3.05) is 13.1 Å². The molecule has 1 amide bonds. The summed E-state index contributed by atoms with van der Waals surface area (Å²) >= 11 is 11.6. The molecular weight excluding hydrogens is 282 g/mol. The molecule has 0 fully saturated rings. The molecule has 1 rings (SSSR count). The van der Waals surface area contributed by atoms with Crippen LogP contribution in [0.4, 0.5) is 0 Å². The molecule has 0 radical (unpaired) electrons. The maximum atomic E-state index is 11.7. The maximum Gasteiger partial charge on any atom is 0.251 e. The van der Waals surface area contributed by atoms with Crippen LogP contribution in [0.2, 0.25) is 10.0 Å². The van der Waals surface area contributed by atoms with Crippen LogP contribution in [0.25, 0.3) is 0 Å². The summed E-state index contributed by atoms with van der Waals surface area (Å²) in [6.45, 7) is 1.25. The minimum Gasteiger partial charge on any atom is -0.352 e. The number of halogens is 3. The first kappa shape index (κ1) is 16.5. The molecule has 0 aliphatic heterocycles. The summed E-state index contributed by atoms with van der Waals surface area (Å²) in [5.41, 5.74) is 5.83. The lowest BCUT2D eigenvalue weighted by molar-refractivity contribution is 0.0953. The van der Waals surface area contributed by atoms with Crippen LogP contribution in [0.15, 0.2) is 18.2 Å². The lowest BCUT2D eigenvalue weighted by Crippen LogP contribution is -2.24. The first-order chi connectivity index (χ1) is 7.63. The summed E-state index contributed by atoms with van der Waals surface area (Å²) in [6.07, 6.45) is 1.77. The van der Waals surface area contributed by atoms with Gasteiger partial charge in [0, 0.05) is 22.2 Å². The minimum absolute atomic E-state index is 0. The van der Waals surface area contributed by atoms with Gasteiger partial charge in [0.05, 0.1) is 0 Å². The van der Waals surface area contributed by atoms with Gasteiger partial charge in [-0.25, -0.2) is 0 Å². The fraction of sp³-hybridized carbons (Fsp3) is 0.364. The van der Waals surface area contributed by atoms with Crippen LogP contribution in [0.5, 0.6) is 0 Å². The normalized spacial score (nSPS) is 9.59. The molecule has 0 saturated heterocycles. The topological polar surface area (TPSA) is 55.1 Å². The Balaban J connectivity index is 0.00000256. The first-order valence-electron chi connectivity index (χ1n) is 5.08. The average molecular weight is 298 g/mol. The molecule has 0 aliphatic carbocycles. The lowest BCUT2D eigenvalue weighted by Gasteiger charge is -2.05. The van der Waals surface area contributed by atoms with Gasteiger partial charge >= 0.3 is 0 Å². The Hall–Kier alpha value is -0.480. The molecule has 6 heteroatoms. The Labute approximate surface area is 117 Å². The molecule has 0 saturated carbocycles. The van der Waals surface area contributed by atoms with Gasteiger partial charge in [0.25, 0.3) is 5.91 Å². The molecule has 1 aromatic carbocycles. The van der Waals surface area contributed by atoms with E-state index < -0.39 is 0 Å². The van der Waals surface area contributed by atoms with E-state index in [1.54, 1.807) is 18.2 Å². The second-order valence-electron chi connectivity index (χ2n) is 3.41. The molecule has 0 bridgehead atoms. The van der Waals surface area contributed by atoms with Crippen LogP contribution in [-0.2, 0) is 0 Å². The molecule has 3 nitrogen and oxygen atoms in total. The summed E-state index contributed by atoms with van der Waals surface area (Å²) in [5, 5.41) is 3.69. The molecule has 3 N–H and O–H groups in total. The van der Waals surface area contributed by atoms with E-state index >= 15 is 0 Å². The maximum absolute atomic E-state index is 11.7. The lowest BCUT2D eigenvalue weighted by atomic mass is 10.2. The number of carbonyl (C=O) groups excluding carboxylic acids is 1. The molecule has 0 spiro atoms. The van der Waals surface area contributed by atoms with E-state index in [4.69, 9.17) is 28.9 Å². The Bertz CT molecular complexity index is 351. The van der Waals surface area contributed by atoms with Gasteiger partial charge < -0.3 is 11.1 Å². The molecule has 0 aliphatic rings. The highest BCUT2D eigenvalue weighted by atomic mass is 35.5. The average Bonchev–Trinajstić information content (AvgIpc) is 2.22. The van der Waals surface area contributed by atoms with Gasteiger partial charge in [0.2, 0.25) is 0 Å². The van der Waals surface area contributed by atoms with Gasteiger partial charge in [-0.1, -0.05) is 23.2 Å². The Kier molecular flexibility index (Phi) is 8.35. The number of amides is 1. The summed E-state index contributed by atoms with van der Waals surface area (Å²) in [5.74, 6) is -0.165. The number of hydrogen-bond donors (Lipinski definition) is 2. The molecule has 0 unspecified atom stereocenters. The van der Waals surface area contributed by atoms with Crippen molar-refractivity contribution in [2.45, 2.75) is 12.8 Å². The highest BCUT2D eigenvalue weighted by molar-refractivity contribution is 6.35. The van der Waals surface area contributed by atoms with E-state index in [-0.39, 0.29) is 18.3 Å². The minimum atomic E-state index is -0.165. The highest BCUT2D eigenvalue weighted by Gasteiger charge is 2.06. The molecule has 0 heterocycles. The fourth-order valence-corrected chi connectivity index (χ4v) is 1.78. The van der Waals surface area contributed by atoms with Crippen molar-refractivity contribution in [1.29, 1.82) is 0 Å². The van der Waals surface area contributed by atoms with Crippen LogP contribution in [0.1, 0.15) is 23.2 Å². The van der Waals surface area contributed by atoms with Gasteiger partial charge in [-0.05, 0) is 37.6 Å². The van der Waals surface area contributed by atoms with E-state index in [2.05, 4.69) is 5.32 Å². The smallest absolute Gasteiger partial charge is 0.251 e. The van der Waals surface area contributed by atoms with Gasteiger partial charge in [-0.2, -0.15) is 0 Å². The van der Waals surface area contributed by atoms with Crippen molar-refractivity contribution < 1.29 is 4.79 Å². The van der Waals surface area contributed by atoms with Crippen molar-refractivity contribution in [2.24, 2.45) is 5.73 Å². The molecular formula is C11H15Cl3N2O. The van der Waals surface area contributed by atoms with Crippen molar-refractivity contribution in [3.05, 3.63) is 33.8 Å². The molecule has 17 heavy (non-hydrogen) atoms. The summed E-state index contributed by atoms with van der Waals surface area (Å²) < 4.78 is 0. The molecule has 96 valence electrons. The fourth-order valence-electron chi connectivity index (χ4n) is 1.26. The standard InChI is InChI=1S/C11H14Cl2N2O.ClH/c12-9-5-8(6-10(13)7-9)11(16)15-4-2-1-3-14;/h5-7H,1-4,14H2,(H,15,16);1H. The number of carbonyl (C=O) groups is 1.